The summed E-state index contributed by atoms with van der Waals surface area (Å²) in [7, 11) is 4.76. The maximum Gasteiger partial charge on any atom is 0.203 e. The van der Waals surface area contributed by atoms with E-state index in [1.807, 2.05) is 18.2 Å². The lowest BCUT2D eigenvalue weighted by atomic mass is 10.1. The van der Waals surface area contributed by atoms with E-state index in [2.05, 4.69) is 5.32 Å². The van der Waals surface area contributed by atoms with Crippen LogP contribution in [0.3, 0.4) is 0 Å². The van der Waals surface area contributed by atoms with Crippen molar-refractivity contribution >= 4 is 0 Å². The van der Waals surface area contributed by atoms with Crippen molar-refractivity contribution in [3.8, 4) is 17.2 Å². The Morgan fingerprint density at radius 1 is 0.955 bits per heavy atom. The zero-order valence-electron chi connectivity index (χ0n) is 13.0. The minimum atomic E-state index is -0.0904. The summed E-state index contributed by atoms with van der Waals surface area (Å²) in [6.07, 6.45) is 0. The molecule has 1 heterocycles. The van der Waals surface area contributed by atoms with Gasteiger partial charge in [-0.2, -0.15) is 0 Å². The zero-order valence-corrected chi connectivity index (χ0v) is 13.0. The largest absolute Gasteiger partial charge is 0.493 e. The second kappa shape index (κ2) is 7.72. The minimum absolute atomic E-state index is 0.0904. The van der Waals surface area contributed by atoms with Gasteiger partial charge in [-0.1, -0.05) is 0 Å². The molecule has 0 unspecified atom stereocenters. The van der Waals surface area contributed by atoms with E-state index in [1.54, 1.807) is 27.4 Å². The van der Waals surface area contributed by atoms with Crippen LogP contribution >= 0.6 is 0 Å². The average molecular weight is 307 g/mol. The maximum atomic E-state index is 8.97. The van der Waals surface area contributed by atoms with E-state index in [9.17, 15) is 0 Å². The van der Waals surface area contributed by atoms with Crippen molar-refractivity contribution in [3.05, 3.63) is 41.3 Å². The van der Waals surface area contributed by atoms with E-state index < -0.39 is 0 Å². The summed E-state index contributed by atoms with van der Waals surface area (Å²) in [6.45, 7) is 1.09. The number of furan rings is 1. The van der Waals surface area contributed by atoms with E-state index in [-0.39, 0.29) is 6.61 Å². The molecule has 0 spiro atoms. The van der Waals surface area contributed by atoms with Crippen LogP contribution in [0.15, 0.2) is 28.7 Å². The van der Waals surface area contributed by atoms with Gasteiger partial charge in [-0.15, -0.1) is 0 Å². The molecule has 0 aliphatic rings. The summed E-state index contributed by atoms with van der Waals surface area (Å²) >= 11 is 0. The molecule has 6 nitrogen and oxygen atoms in total. The molecule has 22 heavy (non-hydrogen) atoms. The van der Waals surface area contributed by atoms with E-state index >= 15 is 0 Å². The molecule has 0 amide bonds. The highest BCUT2D eigenvalue weighted by Gasteiger charge is 2.13. The number of aliphatic hydroxyl groups excluding tert-OH is 1. The van der Waals surface area contributed by atoms with Crippen LogP contribution in [-0.4, -0.2) is 26.4 Å². The van der Waals surface area contributed by atoms with Gasteiger partial charge in [0.2, 0.25) is 5.75 Å². The van der Waals surface area contributed by atoms with Crippen LogP contribution in [0.2, 0.25) is 0 Å². The topological polar surface area (TPSA) is 73.1 Å². The van der Waals surface area contributed by atoms with Crippen molar-refractivity contribution in [2.75, 3.05) is 21.3 Å². The van der Waals surface area contributed by atoms with Gasteiger partial charge in [-0.05, 0) is 29.8 Å². The first-order chi connectivity index (χ1) is 10.7. The molecule has 6 heteroatoms. The zero-order chi connectivity index (χ0) is 15.9. The van der Waals surface area contributed by atoms with Gasteiger partial charge in [-0.25, -0.2) is 0 Å². The van der Waals surface area contributed by atoms with E-state index in [1.165, 1.54) is 0 Å². The Morgan fingerprint density at radius 3 is 2.09 bits per heavy atom. The Bertz CT molecular complexity index is 583. The summed E-state index contributed by atoms with van der Waals surface area (Å²) in [5.74, 6) is 3.16. The molecule has 0 radical (unpaired) electrons. The average Bonchev–Trinajstić information content (AvgIpc) is 3.01. The third-order valence-corrected chi connectivity index (χ3v) is 3.23. The van der Waals surface area contributed by atoms with Crippen LogP contribution in [0.4, 0.5) is 0 Å². The van der Waals surface area contributed by atoms with Gasteiger partial charge in [0.05, 0.1) is 27.9 Å². The SMILES string of the molecule is COc1cc(CNCc2ccc(CO)o2)cc(OC)c1OC. The Hall–Kier alpha value is -2.18. The van der Waals surface area contributed by atoms with Crippen LogP contribution in [-0.2, 0) is 19.7 Å². The predicted octanol–water partition coefficient (Wildman–Crippen LogP) is 2.09. The molecule has 0 aliphatic carbocycles. The summed E-state index contributed by atoms with van der Waals surface area (Å²) in [6, 6.07) is 7.40. The molecule has 0 atom stereocenters. The van der Waals surface area contributed by atoms with E-state index in [4.69, 9.17) is 23.7 Å². The predicted molar refractivity (Wildman–Crippen MR) is 81.3 cm³/mol. The van der Waals surface area contributed by atoms with Crippen molar-refractivity contribution < 1.29 is 23.7 Å². The van der Waals surface area contributed by atoms with Crippen LogP contribution in [0.1, 0.15) is 17.1 Å². The second-order valence-corrected chi connectivity index (χ2v) is 4.66. The molecule has 2 N–H and O–H groups in total. The van der Waals surface area contributed by atoms with Crippen molar-refractivity contribution in [2.45, 2.75) is 19.7 Å². The highest BCUT2D eigenvalue weighted by molar-refractivity contribution is 5.53. The molecule has 1 aromatic heterocycles. The van der Waals surface area contributed by atoms with Gasteiger partial charge in [0.15, 0.2) is 11.5 Å². The van der Waals surface area contributed by atoms with Gasteiger partial charge in [0.25, 0.3) is 0 Å². The van der Waals surface area contributed by atoms with Crippen molar-refractivity contribution in [1.29, 1.82) is 0 Å². The number of rotatable bonds is 8. The van der Waals surface area contributed by atoms with Gasteiger partial charge >= 0.3 is 0 Å². The molecule has 0 fully saturated rings. The molecule has 2 aromatic rings. The first-order valence-electron chi connectivity index (χ1n) is 6.89. The monoisotopic (exact) mass is 307 g/mol. The first kappa shape index (κ1) is 16.2. The van der Waals surface area contributed by atoms with Crippen LogP contribution in [0, 0.1) is 0 Å². The van der Waals surface area contributed by atoms with Crippen molar-refractivity contribution in [1.82, 2.24) is 5.32 Å². The molecule has 0 saturated heterocycles. The highest BCUT2D eigenvalue weighted by atomic mass is 16.5. The standard InChI is InChI=1S/C16H21NO5/c1-19-14-6-11(7-15(20-2)16(14)21-3)8-17-9-12-4-5-13(10-18)22-12/h4-7,17-18H,8-10H2,1-3H3. The number of hydrogen-bond donors (Lipinski definition) is 2. The Labute approximate surface area is 129 Å². The third kappa shape index (κ3) is 3.72. The smallest absolute Gasteiger partial charge is 0.203 e. The lowest BCUT2D eigenvalue weighted by molar-refractivity contribution is 0.242. The normalized spacial score (nSPS) is 10.5. The number of nitrogens with one attached hydrogen (secondary N) is 1. The van der Waals surface area contributed by atoms with E-state index in [0.29, 0.717) is 36.1 Å². The molecule has 2 rings (SSSR count). The quantitative estimate of drug-likeness (QED) is 0.778. The lowest BCUT2D eigenvalue weighted by Gasteiger charge is -2.14. The third-order valence-electron chi connectivity index (χ3n) is 3.23. The second-order valence-electron chi connectivity index (χ2n) is 4.66. The summed E-state index contributed by atoms with van der Waals surface area (Å²) in [5, 5.41) is 12.2. The summed E-state index contributed by atoms with van der Waals surface area (Å²) in [4.78, 5) is 0. The van der Waals surface area contributed by atoms with Gasteiger partial charge in [-0.3, -0.25) is 0 Å². The van der Waals surface area contributed by atoms with Crippen LogP contribution < -0.4 is 19.5 Å². The maximum absolute atomic E-state index is 8.97. The number of benzene rings is 1. The fraction of sp³-hybridized carbons (Fsp3) is 0.375. The molecule has 0 bridgehead atoms. The fourth-order valence-corrected chi connectivity index (χ4v) is 2.17. The molecule has 1 aromatic carbocycles. The summed E-state index contributed by atoms with van der Waals surface area (Å²) in [5.41, 5.74) is 1.00. The minimum Gasteiger partial charge on any atom is -0.493 e. The van der Waals surface area contributed by atoms with Crippen LogP contribution in [0.25, 0.3) is 0 Å². The molecular formula is C16H21NO5. The molecule has 0 aliphatic heterocycles. The lowest BCUT2D eigenvalue weighted by Crippen LogP contribution is -2.12. The van der Waals surface area contributed by atoms with Crippen LogP contribution in [0.5, 0.6) is 17.2 Å². The van der Waals surface area contributed by atoms with E-state index in [0.717, 1.165) is 11.3 Å². The van der Waals surface area contributed by atoms with Gasteiger partial charge in [0, 0.05) is 6.54 Å². The highest BCUT2D eigenvalue weighted by Crippen LogP contribution is 2.38. The number of hydrogen-bond acceptors (Lipinski definition) is 6. The molecule has 120 valence electrons. The number of methoxy groups -OCH3 is 3. The van der Waals surface area contributed by atoms with Gasteiger partial charge in [0.1, 0.15) is 18.1 Å². The molecule has 0 saturated carbocycles. The number of ether oxygens (including phenoxy) is 3. The first-order valence-corrected chi connectivity index (χ1v) is 6.89. The molecular weight excluding hydrogens is 286 g/mol. The Balaban J connectivity index is 2.03. The Morgan fingerprint density at radius 2 is 1.59 bits per heavy atom. The summed E-state index contributed by atoms with van der Waals surface area (Å²) < 4.78 is 21.4. The van der Waals surface area contributed by atoms with Crippen molar-refractivity contribution in [2.24, 2.45) is 0 Å². The fourth-order valence-electron chi connectivity index (χ4n) is 2.17. The van der Waals surface area contributed by atoms with Gasteiger partial charge < -0.3 is 29.1 Å². The number of aliphatic hydroxyl groups is 1. The Kier molecular flexibility index (Phi) is 5.68. The van der Waals surface area contributed by atoms with Crippen molar-refractivity contribution in [3.63, 3.8) is 0 Å².